The monoisotopic (exact) mass is 151 g/mol. The lowest BCUT2D eigenvalue weighted by Crippen LogP contribution is -1.88. The van der Waals surface area contributed by atoms with E-state index in [0.29, 0.717) is 0 Å². The molecule has 0 aliphatic carbocycles. The van der Waals surface area contributed by atoms with E-state index in [4.69, 9.17) is 0 Å². The predicted octanol–water partition coefficient (Wildman–Crippen LogP) is 2.25. The van der Waals surface area contributed by atoms with Gasteiger partial charge in [-0.2, -0.15) is 0 Å². The van der Waals surface area contributed by atoms with Crippen LogP contribution in [0.3, 0.4) is 0 Å². The topological polar surface area (TPSA) is 28.7 Å². The van der Waals surface area contributed by atoms with E-state index in [1.54, 1.807) is 0 Å². The Morgan fingerprint density at radius 2 is 2.27 bits per heavy atom. The average molecular weight is 151 g/mol. The van der Waals surface area contributed by atoms with Crippen LogP contribution in [-0.4, -0.2) is 9.97 Å². The molecule has 0 saturated carbocycles. The molecule has 2 nitrogen and oxygen atoms in total. The van der Waals surface area contributed by atoms with Crippen LogP contribution >= 0.6 is 0 Å². The fraction of sp³-hybridized carbons (Fsp3) is 0.667. The summed E-state index contributed by atoms with van der Waals surface area (Å²) in [5.74, 6) is 0. The van der Waals surface area contributed by atoms with Crippen LogP contribution in [0.2, 0.25) is 0 Å². The van der Waals surface area contributed by atoms with Crippen molar-refractivity contribution in [2.45, 2.75) is 39.5 Å². The second-order valence-corrected chi connectivity index (χ2v) is 2.87. The molecule has 0 aromatic carbocycles. The summed E-state index contributed by atoms with van der Waals surface area (Å²) in [6.45, 7) is 4.24. The van der Waals surface area contributed by atoms with E-state index in [1.807, 2.05) is 6.92 Å². The highest BCUT2D eigenvalue weighted by molar-refractivity contribution is 5.07. The molecule has 61 valence electrons. The quantitative estimate of drug-likeness (QED) is 0.657. The van der Waals surface area contributed by atoms with E-state index in [0.717, 1.165) is 12.1 Å². The first kappa shape index (κ1) is 8.31. The first-order valence-electron chi connectivity index (χ1n) is 4.26. The minimum absolute atomic E-state index is 1.10. The number of nitrogens with one attached hydrogen (secondary N) is 1. The van der Waals surface area contributed by atoms with Gasteiger partial charge in [-0.25, -0.2) is 4.98 Å². The van der Waals surface area contributed by atoms with E-state index in [2.05, 4.69) is 23.2 Å². The van der Waals surface area contributed by atoms with Crippen molar-refractivity contribution in [3.05, 3.63) is 17.7 Å². The largest absolute Gasteiger partial charge is 0.339 e. The third kappa shape index (κ3) is 2.37. The van der Waals surface area contributed by atoms with Gasteiger partial charge in [0.1, 0.15) is 0 Å². The van der Waals surface area contributed by atoms with Crippen LogP contribution < -0.4 is 0 Å². The fourth-order valence-corrected chi connectivity index (χ4v) is 1.13. The molecule has 0 amide bonds. The molecule has 2 heteroatoms. The van der Waals surface area contributed by atoms with Gasteiger partial charge in [-0.3, -0.25) is 0 Å². The highest BCUT2D eigenvalue weighted by Gasteiger charge is 1.98. The van der Waals surface area contributed by atoms with Gasteiger partial charge >= 0.3 is 0 Å². The van der Waals surface area contributed by atoms with Gasteiger partial charge in [-0.1, -0.05) is 19.8 Å². The Hall–Kier alpha value is -0.790. The van der Waals surface area contributed by atoms with Crippen LogP contribution in [0.25, 0.3) is 0 Å². The fourth-order valence-electron chi connectivity index (χ4n) is 1.13. The lowest BCUT2D eigenvalue weighted by molar-refractivity contribution is 0.707. The van der Waals surface area contributed by atoms with E-state index < -0.39 is 0 Å². The number of imidazole rings is 1. The lowest BCUT2D eigenvalue weighted by Gasteiger charge is -1.96. The minimum atomic E-state index is 1.10. The van der Waals surface area contributed by atoms with Crippen LogP contribution in [0.5, 0.6) is 0 Å². The highest BCUT2D eigenvalue weighted by atomic mass is 14.9. The van der Waals surface area contributed by atoms with Crippen LogP contribution in [0.1, 0.15) is 37.6 Å². The number of aromatic amines is 1. The molecular weight excluding hydrogens is 136 g/mol. The molecule has 0 aliphatic heterocycles. The van der Waals surface area contributed by atoms with Crippen LogP contribution in [0.15, 0.2) is 0 Å². The van der Waals surface area contributed by atoms with Crippen molar-refractivity contribution in [1.82, 2.24) is 9.97 Å². The van der Waals surface area contributed by atoms with Crippen molar-refractivity contribution in [1.29, 1.82) is 0 Å². The van der Waals surface area contributed by atoms with Crippen molar-refractivity contribution < 1.29 is 0 Å². The summed E-state index contributed by atoms with van der Waals surface area (Å²) in [4.78, 5) is 7.04. The number of nitrogens with zero attached hydrogens (tertiary/aromatic N) is 1. The molecular formula is C9H15N2. The molecule has 1 heterocycles. The molecule has 0 fully saturated rings. The third-order valence-corrected chi connectivity index (χ3v) is 1.90. The molecule has 1 aromatic rings. The van der Waals surface area contributed by atoms with E-state index in [-0.39, 0.29) is 0 Å². The molecule has 0 bridgehead atoms. The Kier molecular flexibility index (Phi) is 3.14. The molecule has 0 spiro atoms. The van der Waals surface area contributed by atoms with Crippen LogP contribution in [0, 0.1) is 13.3 Å². The number of hydrogen-bond acceptors (Lipinski definition) is 1. The maximum absolute atomic E-state index is 4.01. The summed E-state index contributed by atoms with van der Waals surface area (Å²) in [6.07, 6.45) is 7.71. The third-order valence-electron chi connectivity index (χ3n) is 1.90. The van der Waals surface area contributed by atoms with E-state index in [1.165, 1.54) is 25.0 Å². The van der Waals surface area contributed by atoms with Gasteiger partial charge in [0.15, 0.2) is 6.33 Å². The van der Waals surface area contributed by atoms with Crippen molar-refractivity contribution >= 4 is 0 Å². The predicted molar refractivity (Wildman–Crippen MR) is 45.4 cm³/mol. The maximum Gasteiger partial charge on any atom is 0.174 e. The van der Waals surface area contributed by atoms with E-state index in [9.17, 15) is 0 Å². The first-order valence-corrected chi connectivity index (χ1v) is 4.26. The average Bonchev–Trinajstić information content (AvgIpc) is 2.37. The molecule has 0 aliphatic rings. The molecule has 0 saturated heterocycles. The van der Waals surface area contributed by atoms with Gasteiger partial charge in [0.2, 0.25) is 0 Å². The molecule has 1 rings (SSSR count). The second kappa shape index (κ2) is 4.16. The van der Waals surface area contributed by atoms with Crippen LogP contribution in [0.4, 0.5) is 0 Å². The van der Waals surface area contributed by atoms with Crippen molar-refractivity contribution in [2.24, 2.45) is 0 Å². The van der Waals surface area contributed by atoms with Crippen molar-refractivity contribution in [3.8, 4) is 0 Å². The standard InChI is InChI=1S/C9H15N2/c1-3-4-5-6-9-8(2)10-7-11-9/h3-6H2,1-2H3,(H,10,11). The summed E-state index contributed by atoms with van der Waals surface area (Å²) >= 11 is 0. The van der Waals surface area contributed by atoms with Crippen LogP contribution in [-0.2, 0) is 6.42 Å². The normalized spacial score (nSPS) is 10.4. The van der Waals surface area contributed by atoms with Gasteiger partial charge in [0, 0.05) is 5.69 Å². The maximum atomic E-state index is 4.01. The summed E-state index contributed by atoms with van der Waals surface area (Å²) in [5.41, 5.74) is 2.35. The summed E-state index contributed by atoms with van der Waals surface area (Å²) in [5, 5.41) is 0. The molecule has 0 atom stereocenters. The summed E-state index contributed by atoms with van der Waals surface area (Å²) in [6, 6.07) is 0. The Morgan fingerprint density at radius 1 is 1.45 bits per heavy atom. The zero-order valence-corrected chi connectivity index (χ0v) is 7.28. The molecule has 1 N–H and O–H groups in total. The highest BCUT2D eigenvalue weighted by Crippen LogP contribution is 2.06. The van der Waals surface area contributed by atoms with E-state index >= 15 is 0 Å². The van der Waals surface area contributed by atoms with Gasteiger partial charge in [-0.05, 0) is 19.8 Å². The first-order chi connectivity index (χ1) is 5.34. The molecule has 1 radical (unpaired) electrons. The van der Waals surface area contributed by atoms with Gasteiger partial charge in [-0.15, -0.1) is 0 Å². The lowest BCUT2D eigenvalue weighted by atomic mass is 10.1. The number of aryl methyl sites for hydroxylation is 2. The zero-order chi connectivity index (χ0) is 8.10. The Bertz CT molecular complexity index is 203. The van der Waals surface area contributed by atoms with Gasteiger partial charge in [0.25, 0.3) is 0 Å². The van der Waals surface area contributed by atoms with Gasteiger partial charge in [0.05, 0.1) is 5.69 Å². The smallest absolute Gasteiger partial charge is 0.174 e. The Balaban J connectivity index is 2.32. The zero-order valence-electron chi connectivity index (χ0n) is 7.28. The van der Waals surface area contributed by atoms with Crippen molar-refractivity contribution in [3.63, 3.8) is 0 Å². The Morgan fingerprint density at radius 3 is 2.82 bits per heavy atom. The minimum Gasteiger partial charge on any atom is -0.339 e. The number of aromatic nitrogens is 2. The number of hydrogen-bond donors (Lipinski definition) is 1. The number of rotatable bonds is 4. The number of H-pyrrole nitrogens is 1. The summed E-state index contributed by atoms with van der Waals surface area (Å²) < 4.78 is 0. The summed E-state index contributed by atoms with van der Waals surface area (Å²) in [7, 11) is 0. The van der Waals surface area contributed by atoms with Gasteiger partial charge < -0.3 is 4.98 Å². The number of unbranched alkanes of at least 4 members (excludes halogenated alkanes) is 2. The SMILES string of the molecule is CCCCCc1[nH][c]nc1C. The van der Waals surface area contributed by atoms with Crippen molar-refractivity contribution in [2.75, 3.05) is 0 Å². The molecule has 1 aromatic heterocycles. The molecule has 11 heavy (non-hydrogen) atoms. The Labute approximate surface area is 68.0 Å². The second-order valence-electron chi connectivity index (χ2n) is 2.87. The molecule has 0 unspecified atom stereocenters.